The van der Waals surface area contributed by atoms with Crippen molar-refractivity contribution in [1.82, 2.24) is 5.32 Å². The first-order valence-electron chi connectivity index (χ1n) is 5.95. The average Bonchev–Trinajstić information content (AvgIpc) is 2.57. The zero-order chi connectivity index (χ0) is 11.5. The average molecular weight is 284 g/mol. The summed E-state index contributed by atoms with van der Waals surface area (Å²) in [5, 5.41) is 3.51. The van der Waals surface area contributed by atoms with Crippen LogP contribution in [-0.2, 0) is 0 Å². The molecule has 0 bridgehead atoms. The highest BCUT2D eigenvalue weighted by Gasteiger charge is 2.32. The Morgan fingerprint density at radius 2 is 2.19 bits per heavy atom. The summed E-state index contributed by atoms with van der Waals surface area (Å²) < 4.78 is 7.08. The SMILES string of the molecule is CCCC1Oc2cc(Br)ccc2C1NCC. The van der Waals surface area contributed by atoms with Gasteiger partial charge in [-0.3, -0.25) is 0 Å². The minimum Gasteiger partial charge on any atom is -0.488 e. The van der Waals surface area contributed by atoms with Gasteiger partial charge in [-0.1, -0.05) is 42.3 Å². The van der Waals surface area contributed by atoms with Gasteiger partial charge in [0.05, 0.1) is 6.04 Å². The minimum absolute atomic E-state index is 0.286. The highest BCUT2D eigenvalue weighted by atomic mass is 79.9. The molecule has 16 heavy (non-hydrogen) atoms. The number of likely N-dealkylation sites (N-methyl/N-ethyl adjacent to an activating group) is 1. The van der Waals surface area contributed by atoms with E-state index in [1.165, 1.54) is 5.56 Å². The summed E-state index contributed by atoms with van der Waals surface area (Å²) in [6, 6.07) is 6.66. The predicted molar refractivity (Wildman–Crippen MR) is 69.9 cm³/mol. The Morgan fingerprint density at radius 3 is 2.88 bits per heavy atom. The molecule has 2 unspecified atom stereocenters. The number of nitrogens with one attached hydrogen (secondary N) is 1. The lowest BCUT2D eigenvalue weighted by molar-refractivity contribution is 0.179. The van der Waals surface area contributed by atoms with Crippen LogP contribution in [-0.4, -0.2) is 12.6 Å². The molecule has 1 aliphatic rings. The standard InChI is InChI=1S/C13H18BrNO/c1-3-5-11-13(15-4-2)10-7-6-9(14)8-12(10)16-11/h6-8,11,13,15H,3-5H2,1-2H3. The van der Waals surface area contributed by atoms with E-state index in [4.69, 9.17) is 4.74 Å². The van der Waals surface area contributed by atoms with Gasteiger partial charge in [-0.05, 0) is 25.1 Å². The second-order valence-corrected chi connectivity index (χ2v) is 5.08. The summed E-state index contributed by atoms with van der Waals surface area (Å²) in [5.41, 5.74) is 1.29. The van der Waals surface area contributed by atoms with Crippen LogP contribution in [0.4, 0.5) is 0 Å². The molecule has 0 radical (unpaired) electrons. The van der Waals surface area contributed by atoms with Crippen molar-refractivity contribution in [2.45, 2.75) is 38.8 Å². The topological polar surface area (TPSA) is 21.3 Å². The lowest BCUT2D eigenvalue weighted by Crippen LogP contribution is -2.30. The van der Waals surface area contributed by atoms with E-state index in [9.17, 15) is 0 Å². The molecule has 2 rings (SSSR count). The van der Waals surface area contributed by atoms with Crippen LogP contribution in [0.3, 0.4) is 0 Å². The van der Waals surface area contributed by atoms with E-state index >= 15 is 0 Å². The fraction of sp³-hybridized carbons (Fsp3) is 0.538. The Kier molecular flexibility index (Phi) is 3.87. The molecule has 0 aromatic heterocycles. The summed E-state index contributed by atoms with van der Waals surface area (Å²) in [7, 11) is 0. The lowest BCUT2D eigenvalue weighted by Gasteiger charge is -2.18. The molecule has 1 N–H and O–H groups in total. The van der Waals surface area contributed by atoms with Gasteiger partial charge in [0.15, 0.2) is 0 Å². The van der Waals surface area contributed by atoms with E-state index in [-0.39, 0.29) is 6.10 Å². The normalized spacial score (nSPS) is 22.9. The first kappa shape index (κ1) is 11.9. The molecule has 2 nitrogen and oxygen atoms in total. The monoisotopic (exact) mass is 283 g/mol. The molecule has 0 aliphatic carbocycles. The zero-order valence-electron chi connectivity index (χ0n) is 9.79. The van der Waals surface area contributed by atoms with Gasteiger partial charge < -0.3 is 10.1 Å². The molecule has 1 aromatic rings. The number of rotatable bonds is 4. The third-order valence-electron chi connectivity index (χ3n) is 2.96. The Morgan fingerprint density at radius 1 is 1.38 bits per heavy atom. The molecular weight excluding hydrogens is 266 g/mol. The molecular formula is C13H18BrNO. The van der Waals surface area contributed by atoms with Gasteiger partial charge >= 0.3 is 0 Å². The fourth-order valence-corrected chi connectivity index (χ4v) is 2.61. The Bertz CT molecular complexity index is 367. The molecule has 1 aliphatic heterocycles. The molecule has 2 atom stereocenters. The van der Waals surface area contributed by atoms with Crippen LogP contribution in [0.5, 0.6) is 5.75 Å². The largest absolute Gasteiger partial charge is 0.488 e. The van der Waals surface area contributed by atoms with Crippen LogP contribution in [0.25, 0.3) is 0 Å². The van der Waals surface area contributed by atoms with Crippen LogP contribution in [0.2, 0.25) is 0 Å². The van der Waals surface area contributed by atoms with Crippen molar-refractivity contribution in [1.29, 1.82) is 0 Å². The van der Waals surface area contributed by atoms with Crippen molar-refractivity contribution in [3.8, 4) is 5.75 Å². The van der Waals surface area contributed by atoms with Crippen molar-refractivity contribution in [3.63, 3.8) is 0 Å². The van der Waals surface area contributed by atoms with Gasteiger partial charge in [0, 0.05) is 10.0 Å². The number of halogens is 1. The lowest BCUT2D eigenvalue weighted by atomic mass is 10.0. The Labute approximate surface area is 106 Å². The fourth-order valence-electron chi connectivity index (χ4n) is 2.27. The van der Waals surface area contributed by atoms with Crippen LogP contribution >= 0.6 is 15.9 Å². The van der Waals surface area contributed by atoms with E-state index in [2.05, 4.69) is 53.3 Å². The predicted octanol–water partition coefficient (Wildman–Crippen LogP) is 3.66. The minimum atomic E-state index is 0.286. The molecule has 0 fully saturated rings. The highest BCUT2D eigenvalue weighted by Crippen LogP contribution is 2.39. The van der Waals surface area contributed by atoms with Gasteiger partial charge in [0.2, 0.25) is 0 Å². The Balaban J connectivity index is 2.25. The smallest absolute Gasteiger partial charge is 0.125 e. The summed E-state index contributed by atoms with van der Waals surface area (Å²) in [6.45, 7) is 5.31. The second kappa shape index (κ2) is 5.19. The van der Waals surface area contributed by atoms with Gasteiger partial charge in [0.1, 0.15) is 11.9 Å². The molecule has 88 valence electrons. The summed E-state index contributed by atoms with van der Waals surface area (Å²) in [5.74, 6) is 1.03. The van der Waals surface area contributed by atoms with E-state index in [1.54, 1.807) is 0 Å². The zero-order valence-corrected chi connectivity index (χ0v) is 11.4. The van der Waals surface area contributed by atoms with Crippen LogP contribution < -0.4 is 10.1 Å². The van der Waals surface area contributed by atoms with E-state index in [0.717, 1.165) is 29.6 Å². The maximum absolute atomic E-state index is 6.00. The molecule has 0 saturated heterocycles. The summed E-state index contributed by atoms with van der Waals surface area (Å²) in [6.07, 6.45) is 2.54. The molecule has 1 heterocycles. The first-order chi connectivity index (χ1) is 7.76. The maximum atomic E-state index is 6.00. The molecule has 0 spiro atoms. The highest BCUT2D eigenvalue weighted by molar-refractivity contribution is 9.10. The van der Waals surface area contributed by atoms with Crippen molar-refractivity contribution in [2.24, 2.45) is 0 Å². The van der Waals surface area contributed by atoms with Gasteiger partial charge in [-0.2, -0.15) is 0 Å². The maximum Gasteiger partial charge on any atom is 0.125 e. The van der Waals surface area contributed by atoms with Crippen LogP contribution in [0.15, 0.2) is 22.7 Å². The van der Waals surface area contributed by atoms with Crippen molar-refractivity contribution in [2.75, 3.05) is 6.54 Å². The van der Waals surface area contributed by atoms with Gasteiger partial charge in [-0.15, -0.1) is 0 Å². The molecule has 1 aromatic carbocycles. The summed E-state index contributed by atoms with van der Waals surface area (Å²) in [4.78, 5) is 0. The Hall–Kier alpha value is -0.540. The second-order valence-electron chi connectivity index (χ2n) is 4.16. The van der Waals surface area contributed by atoms with Crippen molar-refractivity contribution in [3.05, 3.63) is 28.2 Å². The van der Waals surface area contributed by atoms with Crippen molar-refractivity contribution < 1.29 is 4.74 Å². The first-order valence-corrected chi connectivity index (χ1v) is 6.75. The number of ether oxygens (including phenoxy) is 1. The number of hydrogen-bond acceptors (Lipinski definition) is 2. The van der Waals surface area contributed by atoms with Gasteiger partial charge in [-0.25, -0.2) is 0 Å². The van der Waals surface area contributed by atoms with Crippen LogP contribution in [0.1, 0.15) is 38.3 Å². The van der Waals surface area contributed by atoms with E-state index < -0.39 is 0 Å². The number of fused-ring (bicyclic) bond motifs is 1. The van der Waals surface area contributed by atoms with E-state index in [1.807, 2.05) is 0 Å². The number of hydrogen-bond donors (Lipinski definition) is 1. The quantitative estimate of drug-likeness (QED) is 0.911. The van der Waals surface area contributed by atoms with Crippen molar-refractivity contribution >= 4 is 15.9 Å². The molecule has 3 heteroatoms. The third kappa shape index (κ3) is 2.25. The number of benzene rings is 1. The molecule has 0 amide bonds. The van der Waals surface area contributed by atoms with E-state index in [0.29, 0.717) is 6.04 Å². The van der Waals surface area contributed by atoms with Gasteiger partial charge in [0.25, 0.3) is 0 Å². The molecule has 0 saturated carbocycles. The summed E-state index contributed by atoms with van der Waals surface area (Å²) >= 11 is 3.48. The van der Waals surface area contributed by atoms with Crippen LogP contribution in [0, 0.1) is 0 Å². The third-order valence-corrected chi connectivity index (χ3v) is 3.45.